The second-order valence-electron chi connectivity index (χ2n) is 4.65. The van der Waals surface area contributed by atoms with Crippen molar-refractivity contribution in [3.63, 3.8) is 0 Å². The van der Waals surface area contributed by atoms with Crippen molar-refractivity contribution in [3.8, 4) is 0 Å². The molecule has 0 spiro atoms. The van der Waals surface area contributed by atoms with Gasteiger partial charge in [0.25, 0.3) is 0 Å². The summed E-state index contributed by atoms with van der Waals surface area (Å²) in [4.78, 5) is 11.9. The van der Waals surface area contributed by atoms with Crippen LogP contribution in [0.2, 0.25) is 0 Å². The zero-order valence-corrected chi connectivity index (χ0v) is 12.0. The Balaban J connectivity index is 2.53. The van der Waals surface area contributed by atoms with Gasteiger partial charge in [0.1, 0.15) is 9.84 Å². The van der Waals surface area contributed by atoms with E-state index in [-0.39, 0.29) is 18.2 Å². The summed E-state index contributed by atoms with van der Waals surface area (Å²) >= 11 is 0. The molecular weight excluding hydrogens is 264 g/mol. The molecule has 0 aliphatic rings. The second-order valence-corrected chi connectivity index (χ2v) is 6.91. The standard InChI is InChI=1S/C13H20N2O3S/c1-10(12(14)11-6-4-3-5-7-11)13(16)15-8-9-19(2,17)18/h3-7,10,12H,8-9,14H2,1-2H3,(H,15,16). The van der Waals surface area contributed by atoms with Crippen LogP contribution in [0.4, 0.5) is 0 Å². The maximum Gasteiger partial charge on any atom is 0.224 e. The third-order valence-electron chi connectivity index (χ3n) is 2.91. The molecule has 0 radical (unpaired) electrons. The molecule has 0 aliphatic heterocycles. The Hall–Kier alpha value is -1.40. The molecule has 0 saturated carbocycles. The second kappa shape index (κ2) is 6.68. The van der Waals surface area contributed by atoms with Gasteiger partial charge in [-0.1, -0.05) is 37.3 Å². The minimum atomic E-state index is -3.06. The summed E-state index contributed by atoms with van der Waals surface area (Å²) in [6.45, 7) is 1.84. The first-order chi connectivity index (χ1) is 8.81. The first-order valence-corrected chi connectivity index (χ1v) is 8.13. The highest BCUT2D eigenvalue weighted by Crippen LogP contribution is 2.18. The number of benzene rings is 1. The van der Waals surface area contributed by atoms with E-state index in [0.29, 0.717) is 0 Å². The van der Waals surface area contributed by atoms with Crippen LogP contribution in [0, 0.1) is 5.92 Å². The van der Waals surface area contributed by atoms with Gasteiger partial charge in [-0.25, -0.2) is 8.42 Å². The van der Waals surface area contributed by atoms with Crippen LogP contribution in [-0.2, 0) is 14.6 Å². The van der Waals surface area contributed by atoms with Gasteiger partial charge >= 0.3 is 0 Å². The SMILES string of the molecule is CC(C(=O)NCCS(C)(=O)=O)C(N)c1ccccc1. The number of nitrogens with one attached hydrogen (secondary N) is 1. The zero-order chi connectivity index (χ0) is 14.5. The van der Waals surface area contributed by atoms with E-state index in [0.717, 1.165) is 11.8 Å². The van der Waals surface area contributed by atoms with E-state index < -0.39 is 21.8 Å². The van der Waals surface area contributed by atoms with Gasteiger partial charge in [0.05, 0.1) is 11.7 Å². The number of nitrogens with two attached hydrogens (primary N) is 1. The number of sulfone groups is 1. The number of hydrogen-bond acceptors (Lipinski definition) is 4. The number of amides is 1. The molecule has 0 aliphatic carbocycles. The first kappa shape index (κ1) is 15.7. The Bertz CT molecular complexity index is 514. The highest BCUT2D eigenvalue weighted by atomic mass is 32.2. The van der Waals surface area contributed by atoms with Crippen LogP contribution in [0.25, 0.3) is 0 Å². The Morgan fingerprint density at radius 1 is 1.32 bits per heavy atom. The van der Waals surface area contributed by atoms with Crippen molar-refractivity contribution in [3.05, 3.63) is 35.9 Å². The third-order valence-corrected chi connectivity index (χ3v) is 3.85. The average molecular weight is 284 g/mol. The molecule has 3 N–H and O–H groups in total. The molecule has 5 nitrogen and oxygen atoms in total. The summed E-state index contributed by atoms with van der Waals surface area (Å²) < 4.78 is 21.9. The van der Waals surface area contributed by atoms with Crippen molar-refractivity contribution in [1.29, 1.82) is 0 Å². The minimum Gasteiger partial charge on any atom is -0.355 e. The van der Waals surface area contributed by atoms with Crippen molar-refractivity contribution in [2.24, 2.45) is 11.7 Å². The van der Waals surface area contributed by atoms with Crippen LogP contribution in [0.5, 0.6) is 0 Å². The molecule has 106 valence electrons. The minimum absolute atomic E-state index is 0.0635. The van der Waals surface area contributed by atoms with Crippen molar-refractivity contribution in [2.45, 2.75) is 13.0 Å². The predicted molar refractivity (Wildman–Crippen MR) is 75.3 cm³/mol. The molecule has 1 rings (SSSR count). The van der Waals surface area contributed by atoms with Gasteiger partial charge in [0.2, 0.25) is 5.91 Å². The summed E-state index contributed by atoms with van der Waals surface area (Å²) in [6, 6.07) is 8.94. The van der Waals surface area contributed by atoms with Gasteiger partial charge in [-0.15, -0.1) is 0 Å². The highest BCUT2D eigenvalue weighted by Gasteiger charge is 2.21. The molecule has 19 heavy (non-hydrogen) atoms. The van der Waals surface area contributed by atoms with Crippen molar-refractivity contribution in [2.75, 3.05) is 18.6 Å². The molecule has 0 aromatic heterocycles. The summed E-state index contributed by atoms with van der Waals surface area (Å²) in [5, 5.41) is 2.59. The van der Waals surface area contributed by atoms with Crippen LogP contribution in [0.1, 0.15) is 18.5 Å². The molecule has 2 unspecified atom stereocenters. The average Bonchev–Trinajstić information content (AvgIpc) is 2.36. The van der Waals surface area contributed by atoms with Gasteiger partial charge in [-0.05, 0) is 5.56 Å². The number of hydrogen-bond donors (Lipinski definition) is 2. The fourth-order valence-electron chi connectivity index (χ4n) is 1.65. The first-order valence-electron chi connectivity index (χ1n) is 6.07. The number of rotatable bonds is 6. The van der Waals surface area contributed by atoms with Crippen LogP contribution < -0.4 is 11.1 Å². The number of carbonyl (C=O) groups is 1. The fourth-order valence-corrected chi connectivity index (χ4v) is 2.12. The quantitative estimate of drug-likeness (QED) is 0.795. The summed E-state index contributed by atoms with van der Waals surface area (Å²) in [6.07, 6.45) is 1.14. The molecule has 0 fully saturated rings. The molecule has 0 heterocycles. The maximum absolute atomic E-state index is 11.9. The molecule has 0 bridgehead atoms. The lowest BCUT2D eigenvalue weighted by atomic mass is 9.95. The molecule has 1 amide bonds. The van der Waals surface area contributed by atoms with Crippen LogP contribution in [0.3, 0.4) is 0 Å². The Morgan fingerprint density at radius 2 is 1.89 bits per heavy atom. The van der Waals surface area contributed by atoms with E-state index in [9.17, 15) is 13.2 Å². The summed E-state index contributed by atoms with van der Waals surface area (Å²) in [7, 11) is -3.06. The number of carbonyl (C=O) groups excluding carboxylic acids is 1. The van der Waals surface area contributed by atoms with Crippen molar-refractivity contribution in [1.82, 2.24) is 5.32 Å². The molecular formula is C13H20N2O3S. The topological polar surface area (TPSA) is 89.3 Å². The Morgan fingerprint density at radius 3 is 2.42 bits per heavy atom. The van der Waals surface area contributed by atoms with Gasteiger partial charge < -0.3 is 11.1 Å². The van der Waals surface area contributed by atoms with E-state index in [1.54, 1.807) is 6.92 Å². The molecule has 1 aromatic rings. The van der Waals surface area contributed by atoms with E-state index in [2.05, 4.69) is 5.32 Å². The van der Waals surface area contributed by atoms with Crippen molar-refractivity contribution < 1.29 is 13.2 Å². The molecule has 1 aromatic carbocycles. The van der Waals surface area contributed by atoms with Gasteiger partial charge in [0.15, 0.2) is 0 Å². The lowest BCUT2D eigenvalue weighted by Gasteiger charge is -2.19. The van der Waals surface area contributed by atoms with E-state index in [1.165, 1.54) is 0 Å². The lowest BCUT2D eigenvalue weighted by molar-refractivity contribution is -0.125. The van der Waals surface area contributed by atoms with Crippen molar-refractivity contribution >= 4 is 15.7 Å². The van der Waals surface area contributed by atoms with E-state index >= 15 is 0 Å². The lowest BCUT2D eigenvalue weighted by Crippen LogP contribution is -2.37. The van der Waals surface area contributed by atoms with E-state index in [1.807, 2.05) is 30.3 Å². The normalized spacial score (nSPS) is 14.7. The van der Waals surface area contributed by atoms with Crippen LogP contribution in [-0.4, -0.2) is 32.9 Å². The van der Waals surface area contributed by atoms with E-state index in [4.69, 9.17) is 5.73 Å². The molecule has 2 atom stereocenters. The van der Waals surface area contributed by atoms with Gasteiger partial charge in [-0.3, -0.25) is 4.79 Å². The van der Waals surface area contributed by atoms with Gasteiger partial charge in [0, 0.05) is 18.8 Å². The summed E-state index contributed by atoms with van der Waals surface area (Å²) in [5.41, 5.74) is 6.90. The predicted octanol–water partition coefficient (Wildman–Crippen LogP) is 0.483. The Labute approximate surface area is 114 Å². The smallest absolute Gasteiger partial charge is 0.224 e. The Kier molecular flexibility index (Phi) is 5.50. The maximum atomic E-state index is 11.9. The highest BCUT2D eigenvalue weighted by molar-refractivity contribution is 7.90. The largest absolute Gasteiger partial charge is 0.355 e. The monoisotopic (exact) mass is 284 g/mol. The molecule has 0 saturated heterocycles. The molecule has 6 heteroatoms. The third kappa shape index (κ3) is 5.40. The zero-order valence-electron chi connectivity index (χ0n) is 11.2. The fraction of sp³-hybridized carbons (Fsp3) is 0.462. The van der Waals surface area contributed by atoms with Crippen LogP contribution in [0.15, 0.2) is 30.3 Å². The summed E-state index contributed by atoms with van der Waals surface area (Å²) in [5.74, 6) is -0.714. The van der Waals surface area contributed by atoms with Gasteiger partial charge in [-0.2, -0.15) is 0 Å². The van der Waals surface area contributed by atoms with Crippen LogP contribution >= 0.6 is 0 Å².